The topological polar surface area (TPSA) is 85.4 Å². The SMILES string of the molecule is N#CCCC(C#N)CSc1nnc(NC2CC2)s1. The van der Waals surface area contributed by atoms with Gasteiger partial charge in [-0.3, -0.25) is 0 Å². The fourth-order valence-electron chi connectivity index (χ4n) is 1.32. The fraction of sp³-hybridized carbons (Fsp3) is 0.636. The third-order valence-corrected chi connectivity index (χ3v) is 4.66. The van der Waals surface area contributed by atoms with E-state index in [1.165, 1.54) is 24.2 Å². The van der Waals surface area contributed by atoms with E-state index in [-0.39, 0.29) is 5.92 Å². The smallest absolute Gasteiger partial charge is 0.206 e. The fourth-order valence-corrected chi connectivity index (χ4v) is 3.24. The summed E-state index contributed by atoms with van der Waals surface area (Å²) in [4.78, 5) is 0. The molecule has 0 aromatic carbocycles. The van der Waals surface area contributed by atoms with E-state index in [0.29, 0.717) is 24.6 Å². The Hall–Kier alpha value is -1.31. The van der Waals surface area contributed by atoms with Crippen molar-refractivity contribution < 1.29 is 0 Å². The van der Waals surface area contributed by atoms with Crippen LogP contribution in [-0.4, -0.2) is 22.0 Å². The quantitative estimate of drug-likeness (QED) is 0.772. The maximum atomic E-state index is 8.95. The van der Waals surface area contributed by atoms with Gasteiger partial charge in [0.25, 0.3) is 0 Å². The van der Waals surface area contributed by atoms with Crippen LogP contribution in [0.4, 0.5) is 5.13 Å². The molecule has 1 fully saturated rings. The summed E-state index contributed by atoms with van der Waals surface area (Å²) in [5.41, 5.74) is 0. The van der Waals surface area contributed by atoms with E-state index in [0.717, 1.165) is 9.47 Å². The largest absolute Gasteiger partial charge is 0.357 e. The number of rotatable bonds is 7. The standard InChI is InChI=1S/C11H13N5S2/c12-5-1-2-8(6-13)7-17-11-16-15-10(18-11)14-9-3-4-9/h8-9H,1-4,7H2,(H,14,15). The number of nitriles is 2. The molecule has 1 unspecified atom stereocenters. The highest BCUT2D eigenvalue weighted by molar-refractivity contribution is 8.01. The van der Waals surface area contributed by atoms with E-state index < -0.39 is 0 Å². The summed E-state index contributed by atoms with van der Waals surface area (Å²) < 4.78 is 0.885. The van der Waals surface area contributed by atoms with Gasteiger partial charge in [-0.25, -0.2) is 0 Å². The van der Waals surface area contributed by atoms with Crippen molar-refractivity contribution in [3.05, 3.63) is 0 Å². The third kappa shape index (κ3) is 4.17. The van der Waals surface area contributed by atoms with Gasteiger partial charge in [0.15, 0.2) is 4.34 Å². The molecular weight excluding hydrogens is 266 g/mol. The minimum atomic E-state index is -0.0848. The Balaban J connectivity index is 1.76. The number of nitrogens with zero attached hydrogens (tertiary/aromatic N) is 4. The number of hydrogen-bond donors (Lipinski definition) is 1. The molecule has 1 atom stereocenters. The van der Waals surface area contributed by atoms with Crippen LogP contribution in [0.25, 0.3) is 0 Å². The molecule has 0 aliphatic heterocycles. The van der Waals surface area contributed by atoms with Crippen molar-refractivity contribution in [3.63, 3.8) is 0 Å². The highest BCUT2D eigenvalue weighted by Gasteiger charge is 2.22. The number of hydrogen-bond acceptors (Lipinski definition) is 7. The minimum Gasteiger partial charge on any atom is -0.357 e. The second-order valence-corrected chi connectivity index (χ2v) is 6.37. The third-order valence-electron chi connectivity index (χ3n) is 2.51. The van der Waals surface area contributed by atoms with Crippen molar-refractivity contribution in [1.29, 1.82) is 10.5 Å². The van der Waals surface area contributed by atoms with E-state index in [1.54, 1.807) is 11.8 Å². The molecule has 1 aromatic rings. The van der Waals surface area contributed by atoms with Crippen molar-refractivity contribution in [3.8, 4) is 12.1 Å². The first-order valence-corrected chi connectivity index (χ1v) is 7.61. The normalized spacial score (nSPS) is 15.7. The summed E-state index contributed by atoms with van der Waals surface area (Å²) in [5.74, 6) is 0.592. The van der Waals surface area contributed by atoms with Crippen molar-refractivity contribution in [2.24, 2.45) is 5.92 Å². The molecule has 0 amide bonds. The molecule has 1 aliphatic carbocycles. The predicted molar refractivity (Wildman–Crippen MR) is 71.2 cm³/mol. The first-order chi connectivity index (χ1) is 8.81. The van der Waals surface area contributed by atoms with Gasteiger partial charge in [0.2, 0.25) is 5.13 Å². The van der Waals surface area contributed by atoms with Crippen LogP contribution in [0.3, 0.4) is 0 Å². The van der Waals surface area contributed by atoms with E-state index >= 15 is 0 Å². The first-order valence-electron chi connectivity index (χ1n) is 5.81. The molecule has 0 bridgehead atoms. The Bertz CT molecular complexity index is 469. The van der Waals surface area contributed by atoms with Crippen LogP contribution < -0.4 is 5.32 Å². The average Bonchev–Trinajstić information content (AvgIpc) is 3.08. The van der Waals surface area contributed by atoms with Crippen molar-refractivity contribution in [1.82, 2.24) is 10.2 Å². The van der Waals surface area contributed by atoms with E-state index in [4.69, 9.17) is 10.5 Å². The molecule has 1 aromatic heterocycles. The van der Waals surface area contributed by atoms with Gasteiger partial charge < -0.3 is 5.32 Å². The Morgan fingerprint density at radius 3 is 2.94 bits per heavy atom. The predicted octanol–water partition coefficient (Wildman–Crippen LogP) is 2.65. The van der Waals surface area contributed by atoms with Gasteiger partial charge in [-0.2, -0.15) is 10.5 Å². The molecule has 0 radical (unpaired) electrons. The maximum absolute atomic E-state index is 8.95. The molecule has 1 aliphatic rings. The average molecular weight is 279 g/mol. The van der Waals surface area contributed by atoms with Gasteiger partial charge in [0.05, 0.1) is 18.1 Å². The lowest BCUT2D eigenvalue weighted by atomic mass is 10.1. The van der Waals surface area contributed by atoms with Crippen LogP contribution in [0, 0.1) is 28.6 Å². The zero-order chi connectivity index (χ0) is 12.8. The molecule has 0 spiro atoms. The van der Waals surface area contributed by atoms with Crippen LogP contribution in [0.5, 0.6) is 0 Å². The van der Waals surface area contributed by atoms with Crippen LogP contribution in [0.15, 0.2) is 4.34 Å². The van der Waals surface area contributed by atoms with Gasteiger partial charge in [0, 0.05) is 18.2 Å². The minimum absolute atomic E-state index is 0.0848. The van der Waals surface area contributed by atoms with Crippen LogP contribution in [-0.2, 0) is 0 Å². The monoisotopic (exact) mass is 279 g/mol. The number of aromatic nitrogens is 2. The Kier molecular flexibility index (Phi) is 4.80. The van der Waals surface area contributed by atoms with E-state index in [2.05, 4.69) is 27.7 Å². The van der Waals surface area contributed by atoms with Gasteiger partial charge in [0.1, 0.15) is 0 Å². The molecule has 0 saturated heterocycles. The molecule has 5 nitrogen and oxygen atoms in total. The highest BCUT2D eigenvalue weighted by Crippen LogP contribution is 2.31. The molecule has 94 valence electrons. The summed E-state index contributed by atoms with van der Waals surface area (Å²) >= 11 is 3.08. The summed E-state index contributed by atoms with van der Waals surface area (Å²) in [6.45, 7) is 0. The number of thioether (sulfide) groups is 1. The molecule has 18 heavy (non-hydrogen) atoms. The van der Waals surface area contributed by atoms with Crippen molar-refractivity contribution >= 4 is 28.2 Å². The number of anilines is 1. The molecule has 1 heterocycles. The Morgan fingerprint density at radius 2 is 2.28 bits per heavy atom. The maximum Gasteiger partial charge on any atom is 0.206 e. The van der Waals surface area contributed by atoms with Gasteiger partial charge >= 0.3 is 0 Å². The van der Waals surface area contributed by atoms with Gasteiger partial charge in [-0.15, -0.1) is 10.2 Å². The summed E-state index contributed by atoms with van der Waals surface area (Å²) in [5, 5.41) is 29.7. The second kappa shape index (κ2) is 6.58. The first kappa shape index (κ1) is 13.1. The highest BCUT2D eigenvalue weighted by atomic mass is 32.2. The molecule has 1 N–H and O–H groups in total. The lowest BCUT2D eigenvalue weighted by Gasteiger charge is -2.03. The number of nitrogens with one attached hydrogen (secondary N) is 1. The Labute approximate surface area is 114 Å². The second-order valence-electron chi connectivity index (χ2n) is 4.13. The zero-order valence-electron chi connectivity index (χ0n) is 9.80. The Morgan fingerprint density at radius 1 is 1.44 bits per heavy atom. The van der Waals surface area contributed by atoms with Crippen molar-refractivity contribution in [2.75, 3.05) is 11.1 Å². The van der Waals surface area contributed by atoms with Crippen LogP contribution in [0.1, 0.15) is 25.7 Å². The summed E-state index contributed by atoms with van der Waals surface area (Å²) in [7, 11) is 0. The molecule has 1 saturated carbocycles. The van der Waals surface area contributed by atoms with Gasteiger partial charge in [-0.05, 0) is 19.3 Å². The lowest BCUT2D eigenvalue weighted by molar-refractivity contribution is 0.685. The van der Waals surface area contributed by atoms with Gasteiger partial charge in [-0.1, -0.05) is 23.1 Å². The van der Waals surface area contributed by atoms with Crippen molar-refractivity contribution in [2.45, 2.75) is 36.1 Å². The lowest BCUT2D eigenvalue weighted by Crippen LogP contribution is -1.99. The summed E-state index contributed by atoms with van der Waals surface area (Å²) in [6, 6.07) is 4.87. The summed E-state index contributed by atoms with van der Waals surface area (Å²) in [6.07, 6.45) is 3.49. The zero-order valence-corrected chi connectivity index (χ0v) is 11.4. The van der Waals surface area contributed by atoms with E-state index in [9.17, 15) is 0 Å². The van der Waals surface area contributed by atoms with E-state index in [1.807, 2.05) is 0 Å². The molecule has 2 rings (SSSR count). The molecular formula is C11H13N5S2. The van der Waals surface area contributed by atoms with Crippen LogP contribution >= 0.6 is 23.1 Å². The molecule has 7 heteroatoms. The van der Waals surface area contributed by atoms with Crippen LogP contribution in [0.2, 0.25) is 0 Å².